The Morgan fingerprint density at radius 1 is 1.23 bits per heavy atom. The summed E-state index contributed by atoms with van der Waals surface area (Å²) >= 11 is 6.00. The minimum atomic E-state index is -1.08. The molecule has 0 radical (unpaired) electrons. The first kappa shape index (κ1) is 20.1. The highest BCUT2D eigenvalue weighted by atomic mass is 35.5. The number of benzene rings is 2. The van der Waals surface area contributed by atoms with Gasteiger partial charge in [-0.3, -0.25) is 4.79 Å². The van der Waals surface area contributed by atoms with E-state index < -0.39 is 18.1 Å². The molecule has 2 heterocycles. The van der Waals surface area contributed by atoms with Gasteiger partial charge in [-0.15, -0.1) is 0 Å². The van der Waals surface area contributed by atoms with Gasteiger partial charge in [0.2, 0.25) is 5.91 Å². The first-order valence-corrected chi connectivity index (χ1v) is 9.92. The lowest BCUT2D eigenvalue weighted by Gasteiger charge is -2.17. The largest absolute Gasteiger partial charge is 0.383 e. The summed E-state index contributed by atoms with van der Waals surface area (Å²) in [7, 11) is 0. The molecule has 0 fully saturated rings. The molecule has 0 saturated carbocycles. The average Bonchev–Trinajstić information content (AvgIpc) is 3.42. The van der Waals surface area contributed by atoms with Gasteiger partial charge in [-0.05, 0) is 35.8 Å². The number of aromatic nitrogens is 2. The van der Waals surface area contributed by atoms with E-state index in [-0.39, 0.29) is 5.95 Å². The highest BCUT2D eigenvalue weighted by Gasteiger charge is 2.33. The summed E-state index contributed by atoms with van der Waals surface area (Å²) in [6.45, 7) is 2.04. The highest BCUT2D eigenvalue weighted by Crippen LogP contribution is 2.24. The number of hydrogen-bond acceptors (Lipinski definition) is 7. The van der Waals surface area contributed by atoms with Crippen molar-refractivity contribution in [1.29, 1.82) is 0 Å². The van der Waals surface area contributed by atoms with Crippen LogP contribution in [-0.4, -0.2) is 45.6 Å². The van der Waals surface area contributed by atoms with Crippen molar-refractivity contribution in [3.63, 3.8) is 0 Å². The number of carbonyl (C=O) groups is 1. The summed E-state index contributed by atoms with van der Waals surface area (Å²) in [5, 5.41) is 23.5. The maximum atomic E-state index is 12.3. The molecule has 2 unspecified atom stereocenters. The van der Waals surface area contributed by atoms with Crippen LogP contribution in [0.5, 0.6) is 0 Å². The summed E-state index contributed by atoms with van der Waals surface area (Å²) in [5.74, 6) is 0.208. The molecule has 1 aromatic heterocycles. The zero-order chi connectivity index (χ0) is 21.1. The molecule has 2 atom stereocenters. The minimum Gasteiger partial charge on any atom is -0.383 e. The Morgan fingerprint density at radius 3 is 2.67 bits per heavy atom. The Hall–Kier alpha value is -3.23. The Morgan fingerprint density at radius 2 is 1.97 bits per heavy atom. The van der Waals surface area contributed by atoms with Crippen molar-refractivity contribution in [2.45, 2.75) is 25.5 Å². The van der Waals surface area contributed by atoms with E-state index in [2.05, 4.69) is 20.6 Å². The molecule has 1 amide bonds. The van der Waals surface area contributed by atoms with E-state index in [1.807, 2.05) is 42.5 Å². The zero-order valence-electron chi connectivity index (χ0n) is 16.2. The van der Waals surface area contributed by atoms with Crippen LogP contribution >= 0.6 is 11.6 Å². The number of nitrogens with one attached hydrogen (secondary N) is 1. The van der Waals surface area contributed by atoms with Crippen LogP contribution in [0.1, 0.15) is 18.9 Å². The zero-order valence-corrected chi connectivity index (χ0v) is 17.0. The van der Waals surface area contributed by atoms with Crippen molar-refractivity contribution in [3.05, 3.63) is 65.2 Å². The highest BCUT2D eigenvalue weighted by molar-refractivity contribution is 6.30. The Balaban J connectivity index is 1.62. The van der Waals surface area contributed by atoms with E-state index in [9.17, 15) is 9.90 Å². The summed E-state index contributed by atoms with van der Waals surface area (Å²) in [6, 6.07) is 16.1. The molecule has 2 N–H and O–H groups in total. The van der Waals surface area contributed by atoms with Crippen LogP contribution in [0, 0.1) is 0 Å². The van der Waals surface area contributed by atoms with Gasteiger partial charge in [0.15, 0.2) is 0 Å². The van der Waals surface area contributed by atoms with Crippen LogP contribution in [0.4, 0.5) is 5.95 Å². The molecular weight excluding hydrogens is 406 g/mol. The molecule has 2 aromatic carbocycles. The van der Waals surface area contributed by atoms with E-state index in [4.69, 9.17) is 16.1 Å². The van der Waals surface area contributed by atoms with Crippen LogP contribution in [0.3, 0.4) is 0 Å². The van der Waals surface area contributed by atoms with Crippen molar-refractivity contribution < 1.29 is 14.4 Å². The van der Waals surface area contributed by atoms with Gasteiger partial charge in [0.25, 0.3) is 11.8 Å². The molecule has 0 bridgehead atoms. The first-order chi connectivity index (χ1) is 14.5. The number of halogens is 1. The van der Waals surface area contributed by atoms with Crippen LogP contribution in [-0.2, 0) is 4.79 Å². The van der Waals surface area contributed by atoms with Gasteiger partial charge in [-0.1, -0.05) is 48.9 Å². The van der Waals surface area contributed by atoms with Gasteiger partial charge in [-0.2, -0.15) is 10.1 Å². The van der Waals surface area contributed by atoms with Crippen molar-refractivity contribution in [3.8, 4) is 11.5 Å². The molecule has 0 saturated heterocycles. The quantitative estimate of drug-likeness (QED) is 0.629. The molecule has 8 nitrogen and oxygen atoms in total. The Bertz CT molecular complexity index is 1050. The number of nitrogens with zero attached hydrogens (tertiary/aromatic N) is 4. The molecule has 9 heteroatoms. The van der Waals surface area contributed by atoms with E-state index in [1.165, 1.54) is 0 Å². The predicted molar refractivity (Wildman–Crippen MR) is 113 cm³/mol. The molecule has 4 rings (SSSR count). The Kier molecular flexibility index (Phi) is 5.78. The molecule has 30 heavy (non-hydrogen) atoms. The van der Waals surface area contributed by atoms with Crippen molar-refractivity contribution in [2.75, 3.05) is 11.6 Å². The number of carbonyl (C=O) groups excluding carboxylic acids is 1. The molecule has 0 aliphatic carbocycles. The van der Waals surface area contributed by atoms with Crippen LogP contribution in [0.15, 0.2) is 64.2 Å². The number of anilines is 1. The van der Waals surface area contributed by atoms with Gasteiger partial charge in [0.05, 0.1) is 18.3 Å². The van der Waals surface area contributed by atoms with E-state index in [1.54, 1.807) is 24.1 Å². The fourth-order valence-corrected chi connectivity index (χ4v) is 3.22. The van der Waals surface area contributed by atoms with Crippen molar-refractivity contribution in [1.82, 2.24) is 15.5 Å². The predicted octanol–water partition coefficient (Wildman–Crippen LogP) is 2.87. The van der Waals surface area contributed by atoms with E-state index in [0.29, 0.717) is 29.6 Å². The summed E-state index contributed by atoms with van der Waals surface area (Å²) < 4.78 is 5.37. The minimum absolute atomic E-state index is 0.285. The molecule has 1 aliphatic heterocycles. The van der Waals surface area contributed by atoms with Gasteiger partial charge in [0.1, 0.15) is 6.10 Å². The normalized spacial score (nSPS) is 17.0. The third kappa shape index (κ3) is 4.19. The second-order valence-corrected chi connectivity index (χ2v) is 7.26. The number of aliphatic hydroxyl groups is 1. The first-order valence-electron chi connectivity index (χ1n) is 9.54. The van der Waals surface area contributed by atoms with Crippen LogP contribution in [0.2, 0.25) is 5.02 Å². The molecule has 0 spiro atoms. The fourth-order valence-electron chi connectivity index (χ4n) is 3.09. The number of rotatable bonds is 6. The summed E-state index contributed by atoms with van der Waals surface area (Å²) in [6.07, 6.45) is -0.763. The lowest BCUT2D eigenvalue weighted by molar-refractivity contribution is -0.129. The lowest BCUT2D eigenvalue weighted by Crippen LogP contribution is -2.47. The third-order valence-corrected chi connectivity index (χ3v) is 4.98. The Labute approximate surface area is 178 Å². The van der Waals surface area contributed by atoms with Crippen molar-refractivity contribution >= 4 is 29.2 Å². The second kappa shape index (κ2) is 8.64. The molecular formula is C21H20ClN5O3. The second-order valence-electron chi connectivity index (χ2n) is 6.83. The number of aliphatic hydroxyl groups excluding tert-OH is 1. The van der Waals surface area contributed by atoms with Crippen LogP contribution < -0.4 is 10.3 Å². The molecule has 154 valence electrons. The topological polar surface area (TPSA) is 104 Å². The molecule has 1 aliphatic rings. The number of amides is 1. The van der Waals surface area contributed by atoms with Gasteiger partial charge in [0, 0.05) is 16.1 Å². The number of hydrazone groups is 1. The van der Waals surface area contributed by atoms with Gasteiger partial charge in [-0.25, -0.2) is 5.01 Å². The van der Waals surface area contributed by atoms with Crippen LogP contribution in [0.25, 0.3) is 11.5 Å². The fraction of sp³-hybridized carbons (Fsp3) is 0.238. The maximum Gasteiger partial charge on any atom is 0.286 e. The SMILES string of the molecule is CCC(O)C(=O)NC1CN(c2noc(-c3ccccc3)n2)N=C1c1ccc(Cl)cc1. The summed E-state index contributed by atoms with van der Waals surface area (Å²) in [4.78, 5) is 16.7. The van der Waals surface area contributed by atoms with Gasteiger partial charge >= 0.3 is 0 Å². The number of hydrogen-bond donors (Lipinski definition) is 2. The van der Waals surface area contributed by atoms with E-state index >= 15 is 0 Å². The lowest BCUT2D eigenvalue weighted by atomic mass is 10.0. The smallest absolute Gasteiger partial charge is 0.286 e. The average molecular weight is 426 g/mol. The maximum absolute atomic E-state index is 12.3. The third-order valence-electron chi connectivity index (χ3n) is 4.73. The van der Waals surface area contributed by atoms with E-state index in [0.717, 1.165) is 11.1 Å². The van der Waals surface area contributed by atoms with Crippen molar-refractivity contribution in [2.24, 2.45) is 5.10 Å². The standard InChI is InChI=1S/C21H20ClN5O3/c1-2-17(28)19(29)23-16-12-27(25-18(16)13-8-10-15(22)11-9-13)21-24-20(30-26-21)14-6-4-3-5-7-14/h3-11,16-17,28H,2,12H2,1H3,(H,23,29). The monoisotopic (exact) mass is 425 g/mol. The summed E-state index contributed by atoms with van der Waals surface area (Å²) in [5.41, 5.74) is 2.22. The molecule has 3 aromatic rings. The van der Waals surface area contributed by atoms with Gasteiger partial charge < -0.3 is 14.9 Å².